The summed E-state index contributed by atoms with van der Waals surface area (Å²) in [6, 6.07) is 1.67. The molecule has 76 valence electrons. The standard InChI is InChI=1S/C10H9N3O2/c11-4-2-1-3-7-5-8-9(12-6-7)13-10(14)15-8/h5-6H,2,4,11H2,(H,12,13,14). The quantitative estimate of drug-likeness (QED) is 0.649. The van der Waals surface area contributed by atoms with Crippen molar-refractivity contribution in [1.82, 2.24) is 9.97 Å². The number of nitrogens with two attached hydrogens (primary N) is 1. The van der Waals surface area contributed by atoms with Crippen LogP contribution in [0.25, 0.3) is 11.2 Å². The largest absolute Gasteiger partial charge is 0.418 e. The van der Waals surface area contributed by atoms with Crippen molar-refractivity contribution in [3.63, 3.8) is 0 Å². The van der Waals surface area contributed by atoms with Gasteiger partial charge in [0.1, 0.15) is 0 Å². The lowest BCUT2D eigenvalue weighted by molar-refractivity contribution is 0.555. The van der Waals surface area contributed by atoms with Crippen LogP contribution in [0.5, 0.6) is 0 Å². The smallest absolute Gasteiger partial charge is 0.406 e. The fourth-order valence-corrected chi connectivity index (χ4v) is 1.14. The van der Waals surface area contributed by atoms with Gasteiger partial charge >= 0.3 is 5.76 Å². The summed E-state index contributed by atoms with van der Waals surface area (Å²) in [7, 11) is 0. The highest BCUT2D eigenvalue weighted by molar-refractivity contribution is 5.68. The molecule has 0 saturated heterocycles. The van der Waals surface area contributed by atoms with Gasteiger partial charge in [0, 0.05) is 30.8 Å². The van der Waals surface area contributed by atoms with Crippen LogP contribution in [0.3, 0.4) is 0 Å². The summed E-state index contributed by atoms with van der Waals surface area (Å²) in [5.74, 6) is 5.25. The van der Waals surface area contributed by atoms with E-state index in [0.717, 1.165) is 0 Å². The van der Waals surface area contributed by atoms with E-state index in [1.165, 1.54) is 0 Å². The minimum absolute atomic E-state index is 0.416. The highest BCUT2D eigenvalue weighted by atomic mass is 16.4. The first-order valence-corrected chi connectivity index (χ1v) is 4.47. The van der Waals surface area contributed by atoms with E-state index in [1.807, 2.05) is 0 Å². The summed E-state index contributed by atoms with van der Waals surface area (Å²) in [5.41, 5.74) is 6.86. The minimum atomic E-state index is -0.510. The number of nitrogens with zero attached hydrogens (tertiary/aromatic N) is 1. The molecule has 2 rings (SSSR count). The average Bonchev–Trinajstić information content (AvgIpc) is 2.57. The normalized spacial score (nSPS) is 9.93. The van der Waals surface area contributed by atoms with E-state index in [4.69, 9.17) is 10.2 Å². The zero-order valence-corrected chi connectivity index (χ0v) is 7.91. The van der Waals surface area contributed by atoms with Gasteiger partial charge in [-0.2, -0.15) is 0 Å². The molecule has 0 aliphatic carbocycles. The summed E-state index contributed by atoms with van der Waals surface area (Å²) >= 11 is 0. The van der Waals surface area contributed by atoms with Gasteiger partial charge in [0.2, 0.25) is 0 Å². The first-order chi connectivity index (χ1) is 7.29. The number of nitrogens with one attached hydrogen (secondary N) is 1. The van der Waals surface area contributed by atoms with Gasteiger partial charge in [0.15, 0.2) is 11.2 Å². The molecule has 0 aliphatic rings. The van der Waals surface area contributed by atoms with Crippen LogP contribution in [0.1, 0.15) is 12.0 Å². The van der Waals surface area contributed by atoms with E-state index >= 15 is 0 Å². The van der Waals surface area contributed by atoms with E-state index in [-0.39, 0.29) is 0 Å². The van der Waals surface area contributed by atoms with Crippen LogP contribution in [0.2, 0.25) is 0 Å². The Morgan fingerprint density at radius 3 is 3.27 bits per heavy atom. The number of H-pyrrole nitrogens is 1. The van der Waals surface area contributed by atoms with Crippen molar-refractivity contribution < 1.29 is 4.42 Å². The Bertz CT molecular complexity index is 586. The first-order valence-electron chi connectivity index (χ1n) is 4.47. The molecule has 5 heteroatoms. The van der Waals surface area contributed by atoms with Crippen molar-refractivity contribution in [3.05, 3.63) is 28.4 Å². The van der Waals surface area contributed by atoms with Gasteiger partial charge in [-0.25, -0.2) is 9.78 Å². The molecule has 0 atom stereocenters. The van der Waals surface area contributed by atoms with Gasteiger partial charge in [0.25, 0.3) is 0 Å². The van der Waals surface area contributed by atoms with Crippen molar-refractivity contribution in [2.24, 2.45) is 5.73 Å². The van der Waals surface area contributed by atoms with Crippen LogP contribution < -0.4 is 11.5 Å². The van der Waals surface area contributed by atoms with Crippen molar-refractivity contribution >= 4 is 11.2 Å². The zero-order valence-electron chi connectivity index (χ0n) is 7.91. The Morgan fingerprint density at radius 2 is 2.47 bits per heavy atom. The van der Waals surface area contributed by atoms with E-state index in [9.17, 15) is 4.79 Å². The molecule has 5 nitrogen and oxygen atoms in total. The second-order valence-corrected chi connectivity index (χ2v) is 2.93. The van der Waals surface area contributed by atoms with Crippen molar-refractivity contribution in [2.45, 2.75) is 6.42 Å². The maximum atomic E-state index is 10.8. The summed E-state index contributed by atoms with van der Waals surface area (Å²) in [6.07, 6.45) is 2.21. The summed E-state index contributed by atoms with van der Waals surface area (Å²) < 4.78 is 4.85. The molecule has 2 heterocycles. The Morgan fingerprint density at radius 1 is 1.60 bits per heavy atom. The van der Waals surface area contributed by atoms with E-state index in [1.54, 1.807) is 12.3 Å². The predicted octanol–water partition coefficient (Wildman–Crippen LogP) is 0.216. The van der Waals surface area contributed by atoms with Gasteiger partial charge in [-0.1, -0.05) is 11.8 Å². The summed E-state index contributed by atoms with van der Waals surface area (Å²) in [6.45, 7) is 0.530. The Kier molecular flexibility index (Phi) is 2.52. The Labute approximate surface area is 85.3 Å². The molecule has 0 spiro atoms. The number of fused-ring (bicyclic) bond motifs is 1. The van der Waals surface area contributed by atoms with Gasteiger partial charge < -0.3 is 10.2 Å². The fourth-order valence-electron chi connectivity index (χ4n) is 1.14. The third-order valence-corrected chi connectivity index (χ3v) is 1.78. The molecular formula is C10H9N3O2. The number of hydrogen-bond acceptors (Lipinski definition) is 4. The number of aromatic amines is 1. The molecule has 0 aromatic carbocycles. The van der Waals surface area contributed by atoms with Crippen LogP contribution >= 0.6 is 0 Å². The monoisotopic (exact) mass is 203 g/mol. The van der Waals surface area contributed by atoms with Gasteiger partial charge in [-0.15, -0.1) is 0 Å². The first kappa shape index (κ1) is 9.49. The van der Waals surface area contributed by atoms with Crippen LogP contribution in [0.4, 0.5) is 0 Å². The van der Waals surface area contributed by atoms with Crippen LogP contribution in [0.15, 0.2) is 21.5 Å². The van der Waals surface area contributed by atoms with Crippen LogP contribution in [-0.2, 0) is 0 Å². The van der Waals surface area contributed by atoms with Gasteiger partial charge in [-0.05, 0) is 0 Å². The lowest BCUT2D eigenvalue weighted by Crippen LogP contribution is -1.95. The second kappa shape index (κ2) is 3.98. The topological polar surface area (TPSA) is 84.9 Å². The SMILES string of the molecule is NCCC#Cc1cnc2[nH]c(=O)oc2c1. The van der Waals surface area contributed by atoms with E-state index < -0.39 is 5.76 Å². The zero-order chi connectivity index (χ0) is 10.7. The highest BCUT2D eigenvalue weighted by Crippen LogP contribution is 2.07. The Hall–Kier alpha value is -2.06. The third-order valence-electron chi connectivity index (χ3n) is 1.78. The van der Waals surface area contributed by atoms with Gasteiger partial charge in [0.05, 0.1) is 0 Å². The molecule has 0 saturated carbocycles. The van der Waals surface area contributed by atoms with E-state index in [0.29, 0.717) is 29.8 Å². The maximum absolute atomic E-state index is 10.8. The molecule has 0 fully saturated rings. The van der Waals surface area contributed by atoms with Crippen LogP contribution in [-0.4, -0.2) is 16.5 Å². The van der Waals surface area contributed by atoms with Crippen molar-refractivity contribution in [1.29, 1.82) is 0 Å². The highest BCUT2D eigenvalue weighted by Gasteiger charge is 2.01. The molecule has 0 bridgehead atoms. The number of hydrogen-bond donors (Lipinski definition) is 2. The number of rotatable bonds is 1. The molecule has 15 heavy (non-hydrogen) atoms. The Balaban J connectivity index is 2.39. The summed E-state index contributed by atoms with van der Waals surface area (Å²) in [4.78, 5) is 17.3. The number of pyridine rings is 1. The van der Waals surface area contributed by atoms with Gasteiger partial charge in [-0.3, -0.25) is 4.98 Å². The fraction of sp³-hybridized carbons (Fsp3) is 0.200. The van der Waals surface area contributed by atoms with Crippen molar-refractivity contribution in [3.8, 4) is 11.8 Å². The predicted molar refractivity (Wildman–Crippen MR) is 55.2 cm³/mol. The molecular weight excluding hydrogens is 194 g/mol. The summed E-state index contributed by atoms with van der Waals surface area (Å²) in [5, 5.41) is 0. The molecule has 3 N–H and O–H groups in total. The number of oxazole rings is 1. The minimum Gasteiger partial charge on any atom is -0.406 e. The molecule has 0 unspecified atom stereocenters. The van der Waals surface area contributed by atoms with Crippen LogP contribution in [0, 0.1) is 11.8 Å². The second-order valence-electron chi connectivity index (χ2n) is 2.93. The van der Waals surface area contributed by atoms with E-state index in [2.05, 4.69) is 21.8 Å². The van der Waals surface area contributed by atoms with Crippen molar-refractivity contribution in [2.75, 3.05) is 6.54 Å². The lowest BCUT2D eigenvalue weighted by atomic mass is 10.2. The molecule has 2 aromatic heterocycles. The molecule has 2 aromatic rings. The molecule has 0 aliphatic heterocycles. The lowest BCUT2D eigenvalue weighted by Gasteiger charge is -1.88. The molecule has 0 radical (unpaired) electrons. The average molecular weight is 203 g/mol. The molecule has 0 amide bonds. The maximum Gasteiger partial charge on any atom is 0.418 e. The third kappa shape index (κ3) is 2.06. The number of aromatic nitrogens is 2.